The van der Waals surface area contributed by atoms with Crippen LogP contribution in [0.4, 0.5) is 5.13 Å². The summed E-state index contributed by atoms with van der Waals surface area (Å²) in [5, 5.41) is 8.13. The van der Waals surface area contributed by atoms with Gasteiger partial charge in [0.25, 0.3) is 0 Å². The van der Waals surface area contributed by atoms with Gasteiger partial charge >= 0.3 is 0 Å². The number of aromatic nitrogens is 1. The first-order chi connectivity index (χ1) is 14.0. The molecule has 6 nitrogen and oxygen atoms in total. The lowest BCUT2D eigenvalue weighted by atomic mass is 10.1. The number of thiazole rings is 1. The minimum Gasteiger partial charge on any atom is -0.497 e. The van der Waals surface area contributed by atoms with Crippen LogP contribution in [0.3, 0.4) is 0 Å². The number of rotatable bonds is 8. The van der Waals surface area contributed by atoms with E-state index >= 15 is 0 Å². The van der Waals surface area contributed by atoms with Crippen molar-refractivity contribution in [3.63, 3.8) is 0 Å². The molecule has 0 spiro atoms. The highest BCUT2D eigenvalue weighted by Gasteiger charge is 2.09. The fraction of sp³-hybridized carbons (Fsp3) is 0.227. The number of benzene rings is 2. The van der Waals surface area contributed by atoms with Gasteiger partial charge in [-0.2, -0.15) is 0 Å². The number of amides is 2. The minimum atomic E-state index is -0.0700. The van der Waals surface area contributed by atoms with E-state index in [1.807, 2.05) is 53.9 Å². The number of nitrogens with zero attached hydrogens (tertiary/aromatic N) is 1. The van der Waals surface area contributed by atoms with E-state index in [-0.39, 0.29) is 11.8 Å². The highest BCUT2D eigenvalue weighted by Crippen LogP contribution is 2.25. The molecule has 2 aromatic carbocycles. The topological polar surface area (TPSA) is 80.3 Å². The van der Waals surface area contributed by atoms with E-state index in [1.165, 1.54) is 18.3 Å². The number of carbonyl (C=O) groups is 2. The van der Waals surface area contributed by atoms with Crippen LogP contribution in [0.2, 0.25) is 0 Å². The summed E-state index contributed by atoms with van der Waals surface area (Å²) in [5.41, 5.74) is 3.85. The predicted octanol–water partition coefficient (Wildman–Crippen LogP) is 4.03. The van der Waals surface area contributed by atoms with Crippen LogP contribution in [0.5, 0.6) is 5.75 Å². The molecule has 0 saturated carbocycles. The summed E-state index contributed by atoms with van der Waals surface area (Å²) in [4.78, 5) is 27.7. The van der Waals surface area contributed by atoms with Gasteiger partial charge in [0, 0.05) is 30.8 Å². The molecule has 0 radical (unpaired) electrons. The molecule has 1 heterocycles. The third kappa shape index (κ3) is 6.15. The number of nitrogens with one attached hydrogen (secondary N) is 2. The van der Waals surface area contributed by atoms with E-state index in [1.54, 1.807) is 7.11 Å². The normalized spacial score (nSPS) is 10.4. The maximum Gasteiger partial charge on any atom is 0.226 e. The van der Waals surface area contributed by atoms with Crippen LogP contribution in [-0.4, -0.2) is 23.9 Å². The molecule has 2 amide bonds. The van der Waals surface area contributed by atoms with Crippen molar-refractivity contribution >= 4 is 28.3 Å². The predicted molar refractivity (Wildman–Crippen MR) is 115 cm³/mol. The average Bonchev–Trinajstić information content (AvgIpc) is 3.19. The zero-order valence-corrected chi connectivity index (χ0v) is 17.2. The Kier molecular flexibility index (Phi) is 6.97. The molecular formula is C22H23N3O3S. The van der Waals surface area contributed by atoms with Crippen molar-refractivity contribution in [2.75, 3.05) is 12.4 Å². The van der Waals surface area contributed by atoms with Crippen molar-refractivity contribution in [1.82, 2.24) is 10.3 Å². The summed E-state index contributed by atoms with van der Waals surface area (Å²) >= 11 is 1.40. The van der Waals surface area contributed by atoms with Gasteiger partial charge < -0.3 is 15.4 Å². The van der Waals surface area contributed by atoms with Gasteiger partial charge in [-0.15, -0.1) is 11.3 Å². The standard InChI is InChI=1S/C22H23N3O3S/c1-15(26)23-13-17-6-9-18(10-7-17)20-14-29-22(24-20)25-21(27)11-8-16-4-3-5-19(12-16)28-2/h3-7,9-10,12,14H,8,11,13H2,1-2H3,(H,23,26)(H,24,25,27). The quantitative estimate of drug-likeness (QED) is 0.589. The molecule has 0 saturated heterocycles. The zero-order valence-electron chi connectivity index (χ0n) is 16.4. The monoisotopic (exact) mass is 409 g/mol. The maximum atomic E-state index is 12.2. The van der Waals surface area contributed by atoms with Crippen LogP contribution in [-0.2, 0) is 22.6 Å². The molecule has 2 N–H and O–H groups in total. The fourth-order valence-electron chi connectivity index (χ4n) is 2.75. The number of anilines is 1. The minimum absolute atomic E-state index is 0.0552. The summed E-state index contributed by atoms with van der Waals surface area (Å²) in [6, 6.07) is 15.5. The molecule has 0 aliphatic carbocycles. The summed E-state index contributed by atoms with van der Waals surface area (Å²) in [5.74, 6) is 0.662. The molecule has 29 heavy (non-hydrogen) atoms. The van der Waals surface area contributed by atoms with Crippen molar-refractivity contribution < 1.29 is 14.3 Å². The molecule has 0 fully saturated rings. The van der Waals surface area contributed by atoms with Crippen LogP contribution < -0.4 is 15.4 Å². The third-order valence-corrected chi connectivity index (χ3v) is 5.07. The van der Waals surface area contributed by atoms with Gasteiger partial charge in [0.15, 0.2) is 5.13 Å². The molecule has 0 aliphatic rings. The van der Waals surface area contributed by atoms with E-state index in [2.05, 4.69) is 15.6 Å². The molecule has 150 valence electrons. The molecule has 3 aromatic rings. The largest absolute Gasteiger partial charge is 0.497 e. The number of carbonyl (C=O) groups excluding carboxylic acids is 2. The van der Waals surface area contributed by atoms with Gasteiger partial charge in [0.2, 0.25) is 11.8 Å². The van der Waals surface area contributed by atoms with E-state index in [9.17, 15) is 9.59 Å². The van der Waals surface area contributed by atoms with Gasteiger partial charge in [-0.05, 0) is 29.7 Å². The molecule has 0 aliphatic heterocycles. The van der Waals surface area contributed by atoms with Crippen LogP contribution in [0.15, 0.2) is 53.9 Å². The Bertz CT molecular complexity index is 983. The molecule has 3 rings (SSSR count). The maximum absolute atomic E-state index is 12.2. The number of hydrogen-bond acceptors (Lipinski definition) is 5. The highest BCUT2D eigenvalue weighted by atomic mass is 32.1. The SMILES string of the molecule is COc1cccc(CCC(=O)Nc2nc(-c3ccc(CNC(C)=O)cc3)cs2)c1. The third-order valence-electron chi connectivity index (χ3n) is 4.32. The van der Waals surface area contributed by atoms with Crippen molar-refractivity contribution in [2.24, 2.45) is 0 Å². The molecule has 0 bridgehead atoms. The van der Waals surface area contributed by atoms with Gasteiger partial charge in [-0.3, -0.25) is 9.59 Å². The average molecular weight is 410 g/mol. The Labute approximate surface area is 173 Å². The Hall–Kier alpha value is -3.19. The molecule has 7 heteroatoms. The Morgan fingerprint density at radius 3 is 2.62 bits per heavy atom. The van der Waals surface area contributed by atoms with Gasteiger partial charge in [0.1, 0.15) is 5.75 Å². The smallest absolute Gasteiger partial charge is 0.226 e. The van der Waals surface area contributed by atoms with E-state index in [0.717, 1.165) is 28.1 Å². The summed E-state index contributed by atoms with van der Waals surface area (Å²) in [6.07, 6.45) is 1.01. The van der Waals surface area contributed by atoms with E-state index in [0.29, 0.717) is 24.5 Å². The van der Waals surface area contributed by atoms with E-state index < -0.39 is 0 Å². The lowest BCUT2D eigenvalue weighted by molar-refractivity contribution is -0.119. The summed E-state index contributed by atoms with van der Waals surface area (Å²) < 4.78 is 5.21. The van der Waals surface area contributed by atoms with Crippen LogP contribution >= 0.6 is 11.3 Å². The number of hydrogen-bond donors (Lipinski definition) is 2. The highest BCUT2D eigenvalue weighted by molar-refractivity contribution is 7.14. The Balaban J connectivity index is 1.54. The van der Waals surface area contributed by atoms with Gasteiger partial charge in [0.05, 0.1) is 12.8 Å². The zero-order chi connectivity index (χ0) is 20.6. The lowest BCUT2D eigenvalue weighted by Gasteiger charge is -2.05. The van der Waals surface area contributed by atoms with Crippen molar-refractivity contribution in [2.45, 2.75) is 26.3 Å². The number of ether oxygens (including phenoxy) is 1. The van der Waals surface area contributed by atoms with Crippen molar-refractivity contribution in [1.29, 1.82) is 0 Å². The molecular weight excluding hydrogens is 386 g/mol. The van der Waals surface area contributed by atoms with Gasteiger partial charge in [-0.25, -0.2) is 4.98 Å². The summed E-state index contributed by atoms with van der Waals surface area (Å²) in [6.45, 7) is 2.00. The molecule has 1 aromatic heterocycles. The van der Waals surface area contributed by atoms with Crippen LogP contribution in [0.25, 0.3) is 11.3 Å². The van der Waals surface area contributed by atoms with Crippen LogP contribution in [0.1, 0.15) is 24.5 Å². The number of methoxy groups -OCH3 is 1. The second-order valence-corrected chi connectivity index (χ2v) is 7.40. The number of aryl methyl sites for hydroxylation is 1. The van der Waals surface area contributed by atoms with Crippen molar-refractivity contribution in [3.05, 3.63) is 65.0 Å². The second-order valence-electron chi connectivity index (χ2n) is 6.54. The molecule has 0 atom stereocenters. The Morgan fingerprint density at radius 2 is 1.90 bits per heavy atom. The first-order valence-corrected chi connectivity index (χ1v) is 10.1. The molecule has 0 unspecified atom stereocenters. The van der Waals surface area contributed by atoms with E-state index in [4.69, 9.17) is 4.74 Å². The second kappa shape index (κ2) is 9.84. The fourth-order valence-corrected chi connectivity index (χ4v) is 3.49. The Morgan fingerprint density at radius 1 is 1.10 bits per heavy atom. The van der Waals surface area contributed by atoms with Crippen LogP contribution in [0, 0.1) is 0 Å². The summed E-state index contributed by atoms with van der Waals surface area (Å²) in [7, 11) is 1.63. The van der Waals surface area contributed by atoms with Gasteiger partial charge in [-0.1, -0.05) is 36.4 Å². The lowest BCUT2D eigenvalue weighted by Crippen LogP contribution is -2.18. The first kappa shape index (κ1) is 20.5. The first-order valence-electron chi connectivity index (χ1n) is 9.25. The van der Waals surface area contributed by atoms with Crippen molar-refractivity contribution in [3.8, 4) is 17.0 Å².